The second-order valence-corrected chi connectivity index (χ2v) is 7.56. The van der Waals surface area contributed by atoms with Crippen molar-refractivity contribution in [3.05, 3.63) is 83.1 Å². The zero-order valence-electron chi connectivity index (χ0n) is 16.2. The van der Waals surface area contributed by atoms with Crippen molar-refractivity contribution in [2.24, 2.45) is 0 Å². The average molecular weight is 346 g/mol. The Hall–Kier alpha value is -1.82. The Labute approximate surface area is 160 Å². The minimum Gasteiger partial charge on any atom is -0.0807 e. The predicted octanol–water partition coefficient (Wildman–Crippen LogP) is 7.89. The van der Waals surface area contributed by atoms with E-state index in [0.29, 0.717) is 0 Å². The smallest absolute Gasteiger partial charge is 0.0117 e. The maximum absolute atomic E-state index is 3.85. The van der Waals surface area contributed by atoms with E-state index in [1.165, 1.54) is 87.3 Å². The Morgan fingerprint density at radius 1 is 0.654 bits per heavy atom. The average Bonchev–Trinajstić information content (AvgIpc) is 2.83. The molecule has 3 rings (SSSR count). The summed E-state index contributed by atoms with van der Waals surface area (Å²) in [5.74, 6) is 0. The van der Waals surface area contributed by atoms with E-state index in [2.05, 4.69) is 60.8 Å². The Balaban J connectivity index is 1.96. The molecule has 0 unspecified atom stereocenters. The van der Waals surface area contributed by atoms with Crippen LogP contribution in [0, 0.1) is 6.08 Å². The number of hydrogen-bond acceptors (Lipinski definition) is 0. The third kappa shape index (κ3) is 5.87. The molecule has 0 N–H and O–H groups in total. The van der Waals surface area contributed by atoms with Gasteiger partial charge in [0.1, 0.15) is 0 Å². The van der Waals surface area contributed by atoms with Gasteiger partial charge in [-0.15, -0.1) is 0 Å². The fraction of sp³-hybridized carbons (Fsp3) is 0.462. The molecule has 0 aromatic heterocycles. The predicted molar refractivity (Wildman–Crippen MR) is 114 cm³/mol. The first-order chi connectivity index (χ1) is 12.9. The van der Waals surface area contributed by atoms with E-state index in [1.807, 2.05) is 0 Å². The van der Waals surface area contributed by atoms with E-state index in [4.69, 9.17) is 0 Å². The summed E-state index contributed by atoms with van der Waals surface area (Å²) < 4.78 is 0. The van der Waals surface area contributed by atoms with Gasteiger partial charge in [-0.05, 0) is 79.7 Å². The highest BCUT2D eigenvalue weighted by molar-refractivity contribution is 5.59. The van der Waals surface area contributed by atoms with Gasteiger partial charge in [0, 0.05) is 0 Å². The lowest BCUT2D eigenvalue weighted by atomic mass is 9.87. The molecule has 0 spiro atoms. The molecule has 0 atom stereocenters. The van der Waals surface area contributed by atoms with Gasteiger partial charge < -0.3 is 0 Å². The van der Waals surface area contributed by atoms with Crippen molar-refractivity contribution < 1.29 is 0 Å². The summed E-state index contributed by atoms with van der Waals surface area (Å²) in [5, 5.41) is 0. The van der Waals surface area contributed by atoms with Crippen molar-refractivity contribution in [2.75, 3.05) is 0 Å². The monoisotopic (exact) mass is 345 g/mol. The standard InChI is InChI=1S/C26H33/c1-2-6-12-18-23(17-11-5-1)25-21-15-9-4-10-16-22-26(25)24-19-13-7-3-8-14-20-24/h3,7-8,13-14,17,19-20,22H,1-2,4-6,9-12,15-16,18H2/b7-3-,8-3?,13-7?,14-8-,19-13-,20-14?,23-17-,24-19?,24-20+,25-21?,26-22+. The molecule has 3 aliphatic rings. The summed E-state index contributed by atoms with van der Waals surface area (Å²) in [4.78, 5) is 0. The van der Waals surface area contributed by atoms with Crippen LogP contribution in [0.2, 0.25) is 0 Å². The molecule has 3 aliphatic carbocycles. The third-order valence-electron chi connectivity index (χ3n) is 5.47. The van der Waals surface area contributed by atoms with Gasteiger partial charge in [0.15, 0.2) is 0 Å². The van der Waals surface area contributed by atoms with Crippen LogP contribution < -0.4 is 0 Å². The summed E-state index contributed by atoms with van der Waals surface area (Å²) in [6.07, 6.45) is 39.5. The van der Waals surface area contributed by atoms with Crippen LogP contribution >= 0.6 is 0 Å². The lowest BCUT2D eigenvalue weighted by molar-refractivity contribution is 0.629. The van der Waals surface area contributed by atoms with E-state index < -0.39 is 0 Å². The molecule has 0 amide bonds. The molecule has 0 fully saturated rings. The number of hydrogen-bond donors (Lipinski definition) is 0. The Bertz CT molecular complexity index is 658. The normalized spacial score (nSPS) is 34.5. The van der Waals surface area contributed by atoms with Gasteiger partial charge in [0.2, 0.25) is 0 Å². The molecule has 0 saturated carbocycles. The van der Waals surface area contributed by atoms with Crippen LogP contribution in [0.25, 0.3) is 0 Å². The molecule has 0 heteroatoms. The van der Waals surface area contributed by atoms with Crippen LogP contribution in [-0.4, -0.2) is 0 Å². The SMILES string of the molecule is [C]1=C(C2=C/CCCCCCC/2)/C(C2=C/C=C\C=C/C=C\2)=C/CCCCC\1. The van der Waals surface area contributed by atoms with Crippen LogP contribution in [0.3, 0.4) is 0 Å². The molecular weight excluding hydrogens is 312 g/mol. The lowest BCUT2D eigenvalue weighted by Crippen LogP contribution is -1.99. The topological polar surface area (TPSA) is 0 Å². The first kappa shape index (κ1) is 19.0. The second-order valence-electron chi connectivity index (χ2n) is 7.56. The second kappa shape index (κ2) is 11.0. The molecule has 1 radical (unpaired) electrons. The summed E-state index contributed by atoms with van der Waals surface area (Å²) in [7, 11) is 0. The molecule has 26 heavy (non-hydrogen) atoms. The molecule has 0 heterocycles. The minimum atomic E-state index is 1.09. The fourth-order valence-corrected chi connectivity index (χ4v) is 3.99. The van der Waals surface area contributed by atoms with Crippen molar-refractivity contribution in [2.45, 2.75) is 77.0 Å². The molecular formula is C26H33. The van der Waals surface area contributed by atoms with Gasteiger partial charge in [0.25, 0.3) is 0 Å². The maximum atomic E-state index is 3.85. The van der Waals surface area contributed by atoms with E-state index in [1.54, 1.807) is 5.57 Å². The highest BCUT2D eigenvalue weighted by Crippen LogP contribution is 2.33. The quantitative estimate of drug-likeness (QED) is 0.477. The minimum absolute atomic E-state index is 1.09. The molecule has 0 aliphatic heterocycles. The van der Waals surface area contributed by atoms with Crippen LogP contribution in [0.5, 0.6) is 0 Å². The van der Waals surface area contributed by atoms with E-state index >= 15 is 0 Å². The third-order valence-corrected chi connectivity index (χ3v) is 5.47. The number of rotatable bonds is 2. The van der Waals surface area contributed by atoms with E-state index in [0.717, 1.165) is 6.42 Å². The van der Waals surface area contributed by atoms with Crippen LogP contribution in [-0.2, 0) is 0 Å². The lowest BCUT2D eigenvalue weighted by Gasteiger charge is -2.18. The maximum Gasteiger partial charge on any atom is -0.0117 e. The van der Waals surface area contributed by atoms with Crippen LogP contribution in [0.1, 0.15) is 77.0 Å². The van der Waals surface area contributed by atoms with Gasteiger partial charge in [-0.25, -0.2) is 0 Å². The first-order valence-electron chi connectivity index (χ1n) is 10.7. The van der Waals surface area contributed by atoms with Gasteiger partial charge in [-0.3, -0.25) is 0 Å². The largest absolute Gasteiger partial charge is 0.0807 e. The Morgan fingerprint density at radius 3 is 2.35 bits per heavy atom. The van der Waals surface area contributed by atoms with Crippen molar-refractivity contribution in [1.82, 2.24) is 0 Å². The van der Waals surface area contributed by atoms with E-state index in [-0.39, 0.29) is 0 Å². The van der Waals surface area contributed by atoms with Gasteiger partial charge in [-0.2, -0.15) is 0 Å². The molecule has 0 nitrogen and oxygen atoms in total. The van der Waals surface area contributed by atoms with Crippen molar-refractivity contribution >= 4 is 0 Å². The van der Waals surface area contributed by atoms with Gasteiger partial charge in [-0.1, -0.05) is 80.4 Å². The first-order valence-corrected chi connectivity index (χ1v) is 10.7. The van der Waals surface area contributed by atoms with Crippen LogP contribution in [0.4, 0.5) is 0 Å². The van der Waals surface area contributed by atoms with Crippen molar-refractivity contribution in [3.63, 3.8) is 0 Å². The van der Waals surface area contributed by atoms with Crippen molar-refractivity contribution in [1.29, 1.82) is 0 Å². The zero-order chi connectivity index (χ0) is 17.9. The summed E-state index contributed by atoms with van der Waals surface area (Å²) in [6.45, 7) is 0. The van der Waals surface area contributed by atoms with Gasteiger partial charge in [0.05, 0.1) is 0 Å². The number of allylic oxidation sites excluding steroid dienone is 14. The van der Waals surface area contributed by atoms with Crippen molar-refractivity contribution in [3.8, 4) is 0 Å². The molecule has 0 aromatic rings. The molecule has 137 valence electrons. The van der Waals surface area contributed by atoms with E-state index in [9.17, 15) is 0 Å². The summed E-state index contributed by atoms with van der Waals surface area (Å²) >= 11 is 0. The van der Waals surface area contributed by atoms with Crippen LogP contribution in [0.15, 0.2) is 77.0 Å². The molecule has 0 saturated heterocycles. The highest BCUT2D eigenvalue weighted by atomic mass is 14.2. The zero-order valence-corrected chi connectivity index (χ0v) is 16.2. The Morgan fingerprint density at radius 2 is 1.38 bits per heavy atom. The summed E-state index contributed by atoms with van der Waals surface area (Å²) in [6, 6.07) is 0. The summed E-state index contributed by atoms with van der Waals surface area (Å²) in [5.41, 5.74) is 5.70. The Kier molecular flexibility index (Phi) is 8.03. The highest BCUT2D eigenvalue weighted by Gasteiger charge is 2.15. The molecule has 0 bridgehead atoms. The fourth-order valence-electron chi connectivity index (χ4n) is 3.99. The molecule has 0 aromatic carbocycles. The van der Waals surface area contributed by atoms with Gasteiger partial charge >= 0.3 is 0 Å².